The topological polar surface area (TPSA) is 35.2 Å². The summed E-state index contributed by atoms with van der Waals surface area (Å²) in [7, 11) is 1.76. The average Bonchev–Trinajstić information content (AvgIpc) is 2.65. The lowest BCUT2D eigenvalue weighted by atomic mass is 9.99. The molecule has 0 aliphatic carbocycles. The Labute approximate surface area is 159 Å². The Morgan fingerprint density at radius 3 is 1.52 bits per heavy atom. The zero-order valence-corrected chi connectivity index (χ0v) is 17.7. The van der Waals surface area contributed by atoms with Crippen LogP contribution in [0.1, 0.15) is 117 Å². The normalized spacial score (nSPS) is 14.2. The Balaban J connectivity index is 3.31. The van der Waals surface area contributed by atoms with E-state index in [1.165, 1.54) is 89.9 Å². The summed E-state index contributed by atoms with van der Waals surface area (Å²) >= 11 is 0. The fourth-order valence-electron chi connectivity index (χ4n) is 3.38. The molecule has 0 saturated carbocycles. The number of unbranched alkanes of at least 4 members (excludes halogenated alkanes) is 14. The van der Waals surface area contributed by atoms with Gasteiger partial charge in [0.05, 0.1) is 5.60 Å². The number of ether oxygens (including phenoxy) is 1. The molecule has 2 N–H and O–H groups in total. The molecule has 0 aromatic carbocycles. The maximum atomic E-state index is 5.82. The summed E-state index contributed by atoms with van der Waals surface area (Å²) in [5, 5.41) is 0. The second-order valence-corrected chi connectivity index (χ2v) is 7.61. The van der Waals surface area contributed by atoms with Crippen molar-refractivity contribution in [2.24, 2.45) is 5.73 Å². The maximum absolute atomic E-state index is 5.82. The third kappa shape index (κ3) is 14.5. The van der Waals surface area contributed by atoms with E-state index in [1.807, 2.05) is 0 Å². The highest BCUT2D eigenvalue weighted by molar-refractivity contribution is 5.02. The van der Waals surface area contributed by atoms with E-state index in [1.54, 1.807) is 7.11 Å². The molecule has 0 aromatic rings. The summed E-state index contributed by atoms with van der Waals surface area (Å²) in [5.41, 5.74) is 5.58. The van der Waals surface area contributed by atoms with Crippen LogP contribution in [0.4, 0.5) is 0 Å². The Hall–Kier alpha value is -0.340. The van der Waals surface area contributed by atoms with Crippen LogP contribution in [-0.4, -0.2) is 19.3 Å². The Kier molecular flexibility index (Phi) is 18.2. The molecule has 0 amide bonds. The van der Waals surface area contributed by atoms with Crippen molar-refractivity contribution in [2.75, 3.05) is 13.7 Å². The third-order valence-electron chi connectivity index (χ3n) is 5.50. The van der Waals surface area contributed by atoms with Crippen LogP contribution in [0.2, 0.25) is 0 Å². The first-order chi connectivity index (χ1) is 12.2. The van der Waals surface area contributed by atoms with Crippen molar-refractivity contribution >= 4 is 0 Å². The highest BCUT2D eigenvalue weighted by Gasteiger charge is 2.21. The molecular weight excluding hydrogens is 306 g/mol. The number of methoxy groups -OCH3 is 1. The van der Waals surface area contributed by atoms with E-state index >= 15 is 0 Å². The van der Waals surface area contributed by atoms with E-state index in [4.69, 9.17) is 10.5 Å². The molecule has 0 saturated heterocycles. The quantitative estimate of drug-likeness (QED) is 0.197. The van der Waals surface area contributed by atoms with E-state index in [0.29, 0.717) is 6.54 Å². The maximum Gasteiger partial charge on any atom is 0.0977 e. The van der Waals surface area contributed by atoms with Gasteiger partial charge >= 0.3 is 0 Å². The summed E-state index contributed by atoms with van der Waals surface area (Å²) in [6.45, 7) is 4.99. The van der Waals surface area contributed by atoms with Crippen molar-refractivity contribution < 1.29 is 4.74 Å². The molecule has 0 fully saturated rings. The summed E-state index contributed by atoms with van der Waals surface area (Å²) < 4.78 is 5.55. The fourth-order valence-corrected chi connectivity index (χ4v) is 3.38. The zero-order chi connectivity index (χ0) is 18.6. The zero-order valence-electron chi connectivity index (χ0n) is 17.7. The lowest BCUT2D eigenvalue weighted by Crippen LogP contribution is -2.37. The molecule has 25 heavy (non-hydrogen) atoms. The Morgan fingerprint density at radius 2 is 1.16 bits per heavy atom. The summed E-state index contributed by atoms with van der Waals surface area (Å²) in [4.78, 5) is 0. The highest BCUT2D eigenvalue weighted by atomic mass is 16.5. The van der Waals surface area contributed by atoms with Gasteiger partial charge in [0, 0.05) is 13.7 Å². The molecule has 0 aliphatic heterocycles. The van der Waals surface area contributed by atoms with Gasteiger partial charge < -0.3 is 10.5 Å². The van der Waals surface area contributed by atoms with Gasteiger partial charge in [-0.15, -0.1) is 0 Å². The molecule has 0 radical (unpaired) electrons. The first-order valence-corrected chi connectivity index (χ1v) is 11.2. The van der Waals surface area contributed by atoms with Gasteiger partial charge in [-0.25, -0.2) is 0 Å². The summed E-state index contributed by atoms with van der Waals surface area (Å²) in [6, 6.07) is 0. The summed E-state index contributed by atoms with van der Waals surface area (Å²) in [6.07, 6.45) is 26.4. The van der Waals surface area contributed by atoms with Crippen molar-refractivity contribution in [3.63, 3.8) is 0 Å². The molecule has 0 aliphatic rings. The van der Waals surface area contributed by atoms with Crippen molar-refractivity contribution in [1.82, 2.24) is 0 Å². The van der Waals surface area contributed by atoms with Crippen LogP contribution in [0, 0.1) is 0 Å². The van der Waals surface area contributed by atoms with E-state index in [0.717, 1.165) is 12.8 Å². The monoisotopic (exact) mass is 353 g/mol. The predicted octanol–water partition coefficient (Wildman–Crippen LogP) is 7.17. The molecule has 1 unspecified atom stereocenters. The minimum atomic E-state index is -0.240. The highest BCUT2D eigenvalue weighted by Crippen LogP contribution is 2.17. The van der Waals surface area contributed by atoms with Crippen molar-refractivity contribution in [2.45, 2.75) is 122 Å². The largest absolute Gasteiger partial charge is 0.373 e. The molecular formula is C23H47NO. The lowest BCUT2D eigenvalue weighted by molar-refractivity contribution is 0.0365. The van der Waals surface area contributed by atoms with Crippen LogP contribution < -0.4 is 5.73 Å². The molecule has 2 heteroatoms. The Morgan fingerprint density at radius 1 is 0.720 bits per heavy atom. The fraction of sp³-hybridized carbons (Fsp3) is 0.913. The minimum absolute atomic E-state index is 0.240. The first-order valence-electron chi connectivity index (χ1n) is 11.2. The van der Waals surface area contributed by atoms with Gasteiger partial charge in [-0.2, -0.15) is 0 Å². The second kappa shape index (κ2) is 18.5. The average molecular weight is 354 g/mol. The third-order valence-corrected chi connectivity index (χ3v) is 5.50. The van der Waals surface area contributed by atoms with Crippen LogP contribution in [-0.2, 0) is 4.74 Å². The van der Waals surface area contributed by atoms with Crippen LogP contribution in [0.15, 0.2) is 12.2 Å². The second-order valence-electron chi connectivity index (χ2n) is 7.61. The Bertz CT molecular complexity index is 276. The van der Waals surface area contributed by atoms with E-state index in [9.17, 15) is 0 Å². The molecule has 2 nitrogen and oxygen atoms in total. The van der Waals surface area contributed by atoms with Gasteiger partial charge in [0.25, 0.3) is 0 Å². The van der Waals surface area contributed by atoms with Crippen molar-refractivity contribution in [3.8, 4) is 0 Å². The number of nitrogens with two attached hydrogens (primary N) is 1. The molecule has 150 valence electrons. The van der Waals surface area contributed by atoms with E-state index in [-0.39, 0.29) is 5.60 Å². The standard InChI is InChI=1S/C23H47NO/c1-4-6-7-8-9-10-11-12-13-14-15-16-17-18-19-20-21-23(5-2,22-24)25-3/h20-21H,4-19,22,24H2,1-3H3. The first kappa shape index (κ1) is 24.7. The van der Waals surface area contributed by atoms with Crippen LogP contribution in [0.5, 0.6) is 0 Å². The van der Waals surface area contributed by atoms with Gasteiger partial charge in [0.15, 0.2) is 0 Å². The number of hydrogen-bond donors (Lipinski definition) is 1. The number of rotatable bonds is 19. The molecule has 0 heterocycles. The molecule has 0 rings (SSSR count). The van der Waals surface area contributed by atoms with Crippen molar-refractivity contribution in [3.05, 3.63) is 12.2 Å². The molecule has 0 aromatic heterocycles. The lowest BCUT2D eigenvalue weighted by Gasteiger charge is -2.25. The van der Waals surface area contributed by atoms with Gasteiger partial charge in [-0.1, -0.05) is 109 Å². The number of hydrogen-bond acceptors (Lipinski definition) is 2. The smallest absolute Gasteiger partial charge is 0.0977 e. The van der Waals surface area contributed by atoms with Crippen molar-refractivity contribution in [1.29, 1.82) is 0 Å². The number of allylic oxidation sites excluding steroid dienone is 1. The van der Waals surface area contributed by atoms with E-state index < -0.39 is 0 Å². The van der Waals surface area contributed by atoms with Crippen LogP contribution in [0.25, 0.3) is 0 Å². The predicted molar refractivity (Wildman–Crippen MR) is 113 cm³/mol. The van der Waals surface area contributed by atoms with Crippen LogP contribution >= 0.6 is 0 Å². The van der Waals surface area contributed by atoms with Gasteiger partial charge in [-0.3, -0.25) is 0 Å². The van der Waals surface area contributed by atoms with E-state index in [2.05, 4.69) is 26.0 Å². The minimum Gasteiger partial charge on any atom is -0.373 e. The van der Waals surface area contributed by atoms with Gasteiger partial charge in [-0.05, 0) is 19.3 Å². The van der Waals surface area contributed by atoms with Gasteiger partial charge in [0.2, 0.25) is 0 Å². The van der Waals surface area contributed by atoms with Gasteiger partial charge in [0.1, 0.15) is 0 Å². The molecule has 1 atom stereocenters. The molecule has 0 spiro atoms. The molecule has 0 bridgehead atoms. The van der Waals surface area contributed by atoms with Crippen LogP contribution in [0.3, 0.4) is 0 Å². The SMILES string of the molecule is CCCCCCCCCCCCCCCCC=CC(CC)(CN)OC. The summed E-state index contributed by atoms with van der Waals surface area (Å²) in [5.74, 6) is 0.